The number of hydrogen-bond acceptors (Lipinski definition) is 5. The minimum Gasteiger partial charge on any atom is -0.452 e. The zero-order chi connectivity index (χ0) is 19.4. The lowest BCUT2D eigenvalue weighted by molar-refractivity contribution is -0.119. The molecule has 140 valence electrons. The quantitative estimate of drug-likeness (QED) is 0.555. The molecule has 0 saturated carbocycles. The number of halogens is 2. The molecule has 8 heteroatoms. The number of rotatable bonds is 4. The summed E-state index contributed by atoms with van der Waals surface area (Å²) in [5.41, 5.74) is 1.74. The number of carbonyl (C=O) groups excluding carboxylic acids is 2. The van der Waals surface area contributed by atoms with Gasteiger partial charge in [-0.25, -0.2) is 4.79 Å². The number of hydrogen-bond donors (Lipinski definition) is 1. The number of fused-ring (bicyclic) bond motifs is 1. The van der Waals surface area contributed by atoms with Gasteiger partial charge in [-0.2, -0.15) is 5.26 Å². The summed E-state index contributed by atoms with van der Waals surface area (Å²) in [5.74, 6) is -1.19. The highest BCUT2D eigenvalue weighted by molar-refractivity contribution is 7.16. The monoisotopic (exact) mass is 422 g/mol. The molecule has 3 rings (SSSR count). The van der Waals surface area contributed by atoms with Gasteiger partial charge in [-0.1, -0.05) is 29.6 Å². The minimum atomic E-state index is -0.697. The molecular weight excluding hydrogens is 407 g/mol. The first kappa shape index (κ1) is 19.7. The maximum atomic E-state index is 12.2. The van der Waals surface area contributed by atoms with Crippen LogP contribution in [0.4, 0.5) is 5.00 Å². The summed E-state index contributed by atoms with van der Waals surface area (Å²) < 4.78 is 5.02. The van der Waals surface area contributed by atoms with E-state index in [1.165, 1.54) is 29.5 Å². The molecule has 5 nitrogen and oxygen atoms in total. The summed E-state index contributed by atoms with van der Waals surface area (Å²) in [5, 5.41) is 13.3. The maximum absolute atomic E-state index is 12.2. The van der Waals surface area contributed by atoms with Crippen molar-refractivity contribution in [3.8, 4) is 6.07 Å². The van der Waals surface area contributed by atoms with Crippen LogP contribution in [0.25, 0.3) is 0 Å². The number of esters is 1. The van der Waals surface area contributed by atoms with Crippen molar-refractivity contribution in [3.63, 3.8) is 0 Å². The van der Waals surface area contributed by atoms with Crippen molar-refractivity contribution in [2.75, 3.05) is 11.9 Å². The van der Waals surface area contributed by atoms with Gasteiger partial charge in [0.2, 0.25) is 0 Å². The van der Waals surface area contributed by atoms with E-state index in [4.69, 9.17) is 27.9 Å². The molecule has 1 N–H and O–H groups in total. The molecule has 0 saturated heterocycles. The highest BCUT2D eigenvalue weighted by Crippen LogP contribution is 2.36. The van der Waals surface area contributed by atoms with E-state index in [1.807, 2.05) is 0 Å². The van der Waals surface area contributed by atoms with Crippen molar-refractivity contribution in [3.05, 3.63) is 49.8 Å². The fourth-order valence-electron chi connectivity index (χ4n) is 3.00. The summed E-state index contributed by atoms with van der Waals surface area (Å²) in [6, 6.07) is 6.52. The second-order valence-corrected chi connectivity index (χ2v) is 8.14. The van der Waals surface area contributed by atoms with Crippen molar-refractivity contribution < 1.29 is 14.3 Å². The third-order valence-electron chi connectivity index (χ3n) is 4.22. The van der Waals surface area contributed by atoms with Crippen LogP contribution in [0.2, 0.25) is 10.0 Å². The predicted molar refractivity (Wildman–Crippen MR) is 106 cm³/mol. The number of ether oxygens (including phenoxy) is 1. The molecule has 0 aliphatic heterocycles. The van der Waals surface area contributed by atoms with Gasteiger partial charge in [0.15, 0.2) is 6.61 Å². The predicted octanol–water partition coefficient (Wildman–Crippen LogP) is 4.99. The van der Waals surface area contributed by atoms with E-state index in [0.717, 1.165) is 42.5 Å². The molecule has 1 aliphatic carbocycles. The van der Waals surface area contributed by atoms with Crippen LogP contribution in [0.15, 0.2) is 18.2 Å². The molecule has 1 aromatic heterocycles. The number of aryl methyl sites for hydroxylation is 1. The Balaban J connectivity index is 1.64. The Morgan fingerprint density at radius 1 is 1.15 bits per heavy atom. The van der Waals surface area contributed by atoms with Crippen LogP contribution in [0, 0.1) is 11.3 Å². The standard InChI is InChI=1S/C19H16Cl2N2O3S/c20-12-6-11(7-13(21)8-12)19(25)26-10-17(24)23-18-15(9-22)14-4-2-1-3-5-16(14)27-18/h6-8H,1-5,10H2,(H,23,24). The Hall–Kier alpha value is -2.07. The number of carbonyl (C=O) groups is 2. The molecular formula is C19H16Cl2N2O3S. The number of nitrogens with one attached hydrogen (secondary N) is 1. The third kappa shape index (κ3) is 4.81. The molecule has 2 aromatic rings. The van der Waals surface area contributed by atoms with Gasteiger partial charge in [0.1, 0.15) is 11.1 Å². The van der Waals surface area contributed by atoms with Gasteiger partial charge < -0.3 is 10.1 Å². The van der Waals surface area contributed by atoms with E-state index < -0.39 is 18.5 Å². The molecule has 0 spiro atoms. The van der Waals surface area contributed by atoms with Crippen molar-refractivity contribution in [1.82, 2.24) is 0 Å². The smallest absolute Gasteiger partial charge is 0.338 e. The van der Waals surface area contributed by atoms with Gasteiger partial charge in [0.25, 0.3) is 5.91 Å². The summed E-state index contributed by atoms with van der Waals surface area (Å²) in [7, 11) is 0. The van der Waals surface area contributed by atoms with E-state index in [1.54, 1.807) is 0 Å². The lowest BCUT2D eigenvalue weighted by atomic mass is 10.1. The van der Waals surface area contributed by atoms with E-state index in [9.17, 15) is 14.9 Å². The molecule has 0 bridgehead atoms. The number of nitriles is 1. The van der Waals surface area contributed by atoms with Crippen LogP contribution < -0.4 is 5.32 Å². The third-order valence-corrected chi connectivity index (χ3v) is 5.86. The minimum absolute atomic E-state index is 0.167. The lowest BCUT2D eigenvalue weighted by Crippen LogP contribution is -2.21. The molecule has 0 unspecified atom stereocenters. The Labute approximate surface area is 170 Å². The first-order valence-corrected chi connectivity index (χ1v) is 10.0. The largest absolute Gasteiger partial charge is 0.452 e. The molecule has 1 aromatic carbocycles. The van der Waals surface area contributed by atoms with Crippen LogP contribution >= 0.6 is 34.5 Å². The summed E-state index contributed by atoms with van der Waals surface area (Å²) in [4.78, 5) is 25.4. The van der Waals surface area contributed by atoms with Crippen LogP contribution in [0.1, 0.15) is 45.6 Å². The normalized spacial score (nSPS) is 13.2. The molecule has 0 radical (unpaired) electrons. The maximum Gasteiger partial charge on any atom is 0.338 e. The average molecular weight is 423 g/mol. The van der Waals surface area contributed by atoms with Crippen LogP contribution in [-0.4, -0.2) is 18.5 Å². The van der Waals surface area contributed by atoms with Crippen molar-refractivity contribution in [1.29, 1.82) is 5.26 Å². The second-order valence-electron chi connectivity index (χ2n) is 6.16. The van der Waals surface area contributed by atoms with Gasteiger partial charge in [-0.15, -0.1) is 11.3 Å². The van der Waals surface area contributed by atoms with E-state index in [-0.39, 0.29) is 5.56 Å². The van der Waals surface area contributed by atoms with Gasteiger partial charge in [0.05, 0.1) is 11.1 Å². The Morgan fingerprint density at radius 3 is 2.56 bits per heavy atom. The topological polar surface area (TPSA) is 79.2 Å². The fourth-order valence-corrected chi connectivity index (χ4v) is 4.78. The first-order valence-electron chi connectivity index (χ1n) is 8.45. The Kier molecular flexibility index (Phi) is 6.38. The highest BCUT2D eigenvalue weighted by atomic mass is 35.5. The average Bonchev–Trinajstić information content (AvgIpc) is 2.78. The van der Waals surface area contributed by atoms with Crippen molar-refractivity contribution >= 4 is 51.4 Å². The molecule has 27 heavy (non-hydrogen) atoms. The number of thiophene rings is 1. The Morgan fingerprint density at radius 2 is 1.85 bits per heavy atom. The van der Waals surface area contributed by atoms with Gasteiger partial charge in [0, 0.05) is 14.9 Å². The number of amides is 1. The molecule has 0 fully saturated rings. The lowest BCUT2D eigenvalue weighted by Gasteiger charge is -2.07. The zero-order valence-electron chi connectivity index (χ0n) is 14.3. The highest BCUT2D eigenvalue weighted by Gasteiger charge is 2.21. The van der Waals surface area contributed by atoms with E-state index in [2.05, 4.69) is 11.4 Å². The molecule has 1 amide bonds. The summed E-state index contributed by atoms with van der Waals surface area (Å²) in [6.45, 7) is -0.462. The number of nitrogens with zero attached hydrogens (tertiary/aromatic N) is 1. The Bertz CT molecular complexity index is 914. The zero-order valence-corrected chi connectivity index (χ0v) is 16.6. The van der Waals surface area contributed by atoms with Gasteiger partial charge in [-0.05, 0) is 49.4 Å². The second kappa shape index (κ2) is 8.75. The summed E-state index contributed by atoms with van der Waals surface area (Å²) >= 11 is 13.1. The fraction of sp³-hybridized carbons (Fsp3) is 0.316. The molecule has 1 heterocycles. The van der Waals surface area contributed by atoms with Crippen LogP contribution in [0.3, 0.4) is 0 Å². The van der Waals surface area contributed by atoms with E-state index >= 15 is 0 Å². The first-order chi connectivity index (χ1) is 13.0. The van der Waals surface area contributed by atoms with Crippen molar-refractivity contribution in [2.24, 2.45) is 0 Å². The SMILES string of the molecule is N#Cc1c(NC(=O)COC(=O)c2cc(Cl)cc(Cl)c2)sc2c1CCCCC2. The van der Waals surface area contributed by atoms with Gasteiger partial charge in [-0.3, -0.25) is 4.79 Å². The van der Waals surface area contributed by atoms with Gasteiger partial charge >= 0.3 is 5.97 Å². The van der Waals surface area contributed by atoms with Crippen molar-refractivity contribution in [2.45, 2.75) is 32.1 Å². The summed E-state index contributed by atoms with van der Waals surface area (Å²) in [6.07, 6.45) is 5.07. The van der Waals surface area contributed by atoms with Crippen LogP contribution in [-0.2, 0) is 22.4 Å². The number of anilines is 1. The van der Waals surface area contributed by atoms with E-state index in [0.29, 0.717) is 20.6 Å². The van der Waals surface area contributed by atoms with Crippen LogP contribution in [0.5, 0.6) is 0 Å². The molecule has 1 aliphatic rings. The number of benzene rings is 1. The molecule has 0 atom stereocenters.